The molecule has 1 heterocycles. The summed E-state index contributed by atoms with van der Waals surface area (Å²) in [6, 6.07) is 8.22. The molecule has 0 radical (unpaired) electrons. The van der Waals surface area contributed by atoms with Crippen LogP contribution in [0.1, 0.15) is 65.0 Å². The molecular formula is C21H32N2O3. The number of hydrogen-bond donors (Lipinski definition) is 1. The van der Waals surface area contributed by atoms with E-state index in [2.05, 4.69) is 17.4 Å². The Morgan fingerprint density at radius 3 is 2.54 bits per heavy atom. The van der Waals surface area contributed by atoms with Crippen LogP contribution in [0.2, 0.25) is 0 Å². The molecule has 1 aromatic rings. The molecule has 26 heavy (non-hydrogen) atoms. The largest absolute Gasteiger partial charge is 0.494 e. The summed E-state index contributed by atoms with van der Waals surface area (Å²) in [4.78, 5) is 26.5. The average Bonchev–Trinajstić information content (AvgIpc) is 3.08. The van der Waals surface area contributed by atoms with Crippen LogP contribution in [0.3, 0.4) is 0 Å². The second-order valence-corrected chi connectivity index (χ2v) is 7.86. The maximum atomic E-state index is 12.6. The predicted molar refractivity (Wildman–Crippen MR) is 103 cm³/mol. The molecule has 1 aliphatic rings. The second-order valence-electron chi connectivity index (χ2n) is 7.86. The first-order valence-electron chi connectivity index (χ1n) is 9.63. The highest BCUT2D eigenvalue weighted by atomic mass is 16.5. The summed E-state index contributed by atoms with van der Waals surface area (Å²) in [7, 11) is 0. The summed E-state index contributed by atoms with van der Waals surface area (Å²) in [5, 5.41) is 2.91. The van der Waals surface area contributed by atoms with Crippen molar-refractivity contribution in [3.63, 3.8) is 0 Å². The van der Waals surface area contributed by atoms with E-state index in [0.717, 1.165) is 25.1 Å². The van der Waals surface area contributed by atoms with Crippen LogP contribution in [0.4, 0.5) is 0 Å². The van der Waals surface area contributed by atoms with Gasteiger partial charge in [0, 0.05) is 24.9 Å². The molecule has 0 spiro atoms. The lowest BCUT2D eigenvalue weighted by atomic mass is 9.96. The second kappa shape index (κ2) is 9.06. The minimum atomic E-state index is -0.391. The van der Waals surface area contributed by atoms with Gasteiger partial charge < -0.3 is 15.0 Å². The normalized spacial score (nSPS) is 17.2. The summed E-state index contributed by atoms with van der Waals surface area (Å²) in [5.41, 5.74) is 0.776. The van der Waals surface area contributed by atoms with E-state index in [0.29, 0.717) is 26.0 Å². The molecule has 1 unspecified atom stereocenters. The molecule has 1 aliphatic heterocycles. The zero-order valence-corrected chi connectivity index (χ0v) is 16.5. The first kappa shape index (κ1) is 20.3. The third-order valence-electron chi connectivity index (χ3n) is 4.68. The molecule has 1 fully saturated rings. The maximum absolute atomic E-state index is 12.6. The minimum absolute atomic E-state index is 0.0263. The average molecular weight is 360 g/mol. The third kappa shape index (κ3) is 5.48. The molecule has 5 nitrogen and oxygen atoms in total. The van der Waals surface area contributed by atoms with Gasteiger partial charge in [0.25, 0.3) is 0 Å². The molecule has 0 saturated carbocycles. The van der Waals surface area contributed by atoms with Gasteiger partial charge in [-0.1, -0.05) is 32.9 Å². The summed E-state index contributed by atoms with van der Waals surface area (Å²) in [6.45, 7) is 9.64. The predicted octanol–water partition coefficient (Wildman–Crippen LogP) is 3.69. The van der Waals surface area contributed by atoms with Gasteiger partial charge in [0.2, 0.25) is 11.8 Å². The van der Waals surface area contributed by atoms with Crippen LogP contribution in [0.5, 0.6) is 5.75 Å². The molecule has 0 bridgehead atoms. The highest BCUT2D eigenvalue weighted by molar-refractivity contribution is 5.81. The monoisotopic (exact) mass is 360 g/mol. The van der Waals surface area contributed by atoms with Crippen LogP contribution < -0.4 is 10.1 Å². The quantitative estimate of drug-likeness (QED) is 0.755. The number of carbonyl (C=O) groups excluding carboxylic acids is 2. The fourth-order valence-electron chi connectivity index (χ4n) is 3.21. The Balaban J connectivity index is 1.85. The Hall–Kier alpha value is -2.04. The Labute approximate surface area is 157 Å². The molecular weight excluding hydrogens is 328 g/mol. The van der Waals surface area contributed by atoms with Crippen LogP contribution in [0.25, 0.3) is 0 Å². The van der Waals surface area contributed by atoms with Gasteiger partial charge in [0.15, 0.2) is 0 Å². The number of amides is 2. The minimum Gasteiger partial charge on any atom is -0.494 e. The number of rotatable bonds is 7. The Morgan fingerprint density at radius 2 is 1.92 bits per heavy atom. The van der Waals surface area contributed by atoms with Crippen molar-refractivity contribution in [1.29, 1.82) is 0 Å². The molecule has 1 saturated heterocycles. The van der Waals surface area contributed by atoms with Gasteiger partial charge in [-0.3, -0.25) is 9.59 Å². The number of nitrogens with zero attached hydrogens (tertiary/aromatic N) is 1. The van der Waals surface area contributed by atoms with Gasteiger partial charge in [0.1, 0.15) is 5.75 Å². The maximum Gasteiger partial charge on any atom is 0.225 e. The van der Waals surface area contributed by atoms with Crippen molar-refractivity contribution in [2.75, 3.05) is 19.7 Å². The van der Waals surface area contributed by atoms with E-state index in [1.807, 2.05) is 44.7 Å². The number of ether oxygens (including phenoxy) is 1. The van der Waals surface area contributed by atoms with E-state index in [4.69, 9.17) is 4.74 Å². The first-order valence-corrected chi connectivity index (χ1v) is 9.63. The highest BCUT2D eigenvalue weighted by Gasteiger charge is 2.29. The number of hydrogen-bond acceptors (Lipinski definition) is 3. The highest BCUT2D eigenvalue weighted by Crippen LogP contribution is 2.33. The molecule has 1 atom stereocenters. The van der Waals surface area contributed by atoms with Gasteiger partial charge in [0.05, 0.1) is 12.6 Å². The van der Waals surface area contributed by atoms with E-state index >= 15 is 0 Å². The third-order valence-corrected chi connectivity index (χ3v) is 4.68. The molecule has 144 valence electrons. The van der Waals surface area contributed by atoms with Crippen molar-refractivity contribution >= 4 is 11.8 Å². The lowest BCUT2D eigenvalue weighted by Gasteiger charge is -2.25. The van der Waals surface area contributed by atoms with Crippen LogP contribution in [0.15, 0.2) is 24.3 Å². The van der Waals surface area contributed by atoms with Gasteiger partial charge in [-0.05, 0) is 43.9 Å². The molecule has 1 aromatic carbocycles. The summed E-state index contributed by atoms with van der Waals surface area (Å²) in [5.74, 6) is 1.06. The molecule has 5 heteroatoms. The van der Waals surface area contributed by atoms with Gasteiger partial charge in [-0.15, -0.1) is 0 Å². The summed E-state index contributed by atoms with van der Waals surface area (Å²) >= 11 is 0. The van der Waals surface area contributed by atoms with Crippen molar-refractivity contribution < 1.29 is 14.3 Å². The summed E-state index contributed by atoms with van der Waals surface area (Å²) < 4.78 is 5.49. The van der Waals surface area contributed by atoms with Crippen LogP contribution in [0, 0.1) is 5.41 Å². The fourth-order valence-corrected chi connectivity index (χ4v) is 3.21. The van der Waals surface area contributed by atoms with Crippen LogP contribution in [-0.4, -0.2) is 36.4 Å². The smallest absolute Gasteiger partial charge is 0.225 e. The lowest BCUT2D eigenvalue weighted by molar-refractivity contribution is -0.133. The zero-order chi connectivity index (χ0) is 19.2. The number of likely N-dealkylation sites (tertiary alicyclic amines) is 1. The lowest BCUT2D eigenvalue weighted by Crippen LogP contribution is -2.36. The molecule has 1 N–H and O–H groups in total. The van der Waals surface area contributed by atoms with Gasteiger partial charge in [-0.25, -0.2) is 0 Å². The Bertz CT molecular complexity index is 605. The number of benzene rings is 1. The van der Waals surface area contributed by atoms with Crippen LogP contribution >= 0.6 is 0 Å². The molecule has 2 rings (SSSR count). The Morgan fingerprint density at radius 1 is 1.23 bits per heavy atom. The van der Waals surface area contributed by atoms with E-state index in [-0.39, 0.29) is 17.9 Å². The molecule has 2 amide bonds. The zero-order valence-electron chi connectivity index (χ0n) is 16.5. The first-order chi connectivity index (χ1) is 12.3. The molecule has 0 aliphatic carbocycles. The number of nitrogens with one attached hydrogen (secondary N) is 1. The summed E-state index contributed by atoms with van der Waals surface area (Å²) in [6.07, 6.45) is 3.18. The van der Waals surface area contributed by atoms with Crippen molar-refractivity contribution in [1.82, 2.24) is 10.2 Å². The standard InChI is InChI=1S/C21H32N2O3/c1-5-26-17-12-10-16(11-13-17)18-8-7-15-23(18)19(24)9-6-14-22-20(25)21(2,3)4/h10-13,18H,5-9,14-15H2,1-4H3,(H,22,25). The van der Waals surface area contributed by atoms with E-state index in [1.54, 1.807) is 0 Å². The van der Waals surface area contributed by atoms with E-state index < -0.39 is 5.41 Å². The van der Waals surface area contributed by atoms with Crippen molar-refractivity contribution in [3.05, 3.63) is 29.8 Å². The van der Waals surface area contributed by atoms with Crippen molar-refractivity contribution in [2.45, 2.75) is 59.4 Å². The fraction of sp³-hybridized carbons (Fsp3) is 0.619. The van der Waals surface area contributed by atoms with Crippen molar-refractivity contribution in [2.24, 2.45) is 5.41 Å². The van der Waals surface area contributed by atoms with E-state index in [1.165, 1.54) is 5.56 Å². The van der Waals surface area contributed by atoms with E-state index in [9.17, 15) is 9.59 Å². The van der Waals surface area contributed by atoms with Crippen LogP contribution in [-0.2, 0) is 9.59 Å². The topological polar surface area (TPSA) is 58.6 Å². The number of carbonyl (C=O) groups is 2. The van der Waals surface area contributed by atoms with Gasteiger partial charge >= 0.3 is 0 Å². The van der Waals surface area contributed by atoms with Gasteiger partial charge in [-0.2, -0.15) is 0 Å². The van der Waals surface area contributed by atoms with Crippen molar-refractivity contribution in [3.8, 4) is 5.75 Å². The SMILES string of the molecule is CCOc1ccc(C2CCCN2C(=O)CCCNC(=O)C(C)(C)C)cc1. The Kier molecular flexibility index (Phi) is 7.06. The molecule has 0 aromatic heterocycles.